The van der Waals surface area contributed by atoms with Crippen molar-refractivity contribution in [1.29, 1.82) is 5.26 Å². The summed E-state index contributed by atoms with van der Waals surface area (Å²) in [5.41, 5.74) is 1.41. The Morgan fingerprint density at radius 1 is 1.44 bits per heavy atom. The summed E-state index contributed by atoms with van der Waals surface area (Å²) < 4.78 is 6.89. The highest BCUT2D eigenvalue weighted by Crippen LogP contribution is 2.24. The molecule has 1 aromatic carbocycles. The van der Waals surface area contributed by atoms with E-state index in [0.29, 0.717) is 5.69 Å². The molecule has 0 amide bonds. The molecule has 82 valence electrons. The molecule has 0 saturated heterocycles. The van der Waals surface area contributed by atoms with Gasteiger partial charge in [-0.05, 0) is 32.0 Å². The molecule has 1 heterocycles. The van der Waals surface area contributed by atoms with E-state index in [4.69, 9.17) is 10.00 Å². The summed E-state index contributed by atoms with van der Waals surface area (Å²) in [5, 5.41) is 14.4. The number of nitrogens with zero attached hydrogens (tertiary/aromatic N) is 3. The molecular weight excluding hydrogens is 202 g/mol. The van der Waals surface area contributed by atoms with Gasteiger partial charge in [-0.15, -0.1) is 0 Å². The zero-order valence-corrected chi connectivity index (χ0v) is 9.56. The van der Waals surface area contributed by atoms with Gasteiger partial charge in [0.1, 0.15) is 17.5 Å². The van der Waals surface area contributed by atoms with E-state index in [9.17, 15) is 0 Å². The van der Waals surface area contributed by atoms with Gasteiger partial charge in [0.15, 0.2) is 0 Å². The number of rotatable bonds is 2. The maximum absolute atomic E-state index is 9.17. The van der Waals surface area contributed by atoms with Crippen LogP contribution in [0.4, 0.5) is 0 Å². The smallest absolute Gasteiger partial charge is 0.146 e. The Morgan fingerprint density at radius 3 is 2.75 bits per heavy atom. The molecule has 2 aromatic rings. The van der Waals surface area contributed by atoms with Crippen LogP contribution in [0.3, 0.4) is 0 Å². The summed E-state index contributed by atoms with van der Waals surface area (Å²) in [6.07, 6.45) is 0. The van der Waals surface area contributed by atoms with Crippen LogP contribution in [-0.2, 0) is 0 Å². The lowest BCUT2D eigenvalue weighted by Crippen LogP contribution is -2.04. The maximum Gasteiger partial charge on any atom is 0.146 e. The molecular formula is C12H13N3O. The summed E-state index contributed by atoms with van der Waals surface area (Å²) in [6, 6.07) is 7.93. The van der Waals surface area contributed by atoms with E-state index in [1.54, 1.807) is 11.8 Å². The van der Waals surface area contributed by atoms with Crippen LogP contribution in [0, 0.1) is 11.3 Å². The fourth-order valence-electron chi connectivity index (χ4n) is 1.69. The van der Waals surface area contributed by atoms with Crippen molar-refractivity contribution in [1.82, 2.24) is 9.78 Å². The Bertz CT molecular complexity index is 563. The number of methoxy groups -OCH3 is 1. The number of benzene rings is 1. The predicted octanol–water partition coefficient (Wildman–Crippen LogP) is 2.50. The SMILES string of the molecule is COc1ccc2nn(C(C)C)c(C#N)c2c1. The van der Waals surface area contributed by atoms with Gasteiger partial charge in [0.25, 0.3) is 0 Å². The Balaban J connectivity index is 2.74. The van der Waals surface area contributed by atoms with Crippen molar-refractivity contribution in [3.8, 4) is 11.8 Å². The third-order valence-electron chi connectivity index (χ3n) is 2.50. The third kappa shape index (κ3) is 1.50. The number of aromatic nitrogens is 2. The number of ether oxygens (including phenoxy) is 1. The molecule has 0 aliphatic rings. The zero-order valence-electron chi connectivity index (χ0n) is 9.56. The fraction of sp³-hybridized carbons (Fsp3) is 0.333. The van der Waals surface area contributed by atoms with Gasteiger partial charge in [0.05, 0.1) is 12.6 Å². The first-order valence-electron chi connectivity index (χ1n) is 5.13. The second kappa shape index (κ2) is 3.86. The van der Waals surface area contributed by atoms with Crippen LogP contribution in [-0.4, -0.2) is 16.9 Å². The van der Waals surface area contributed by atoms with Gasteiger partial charge in [-0.2, -0.15) is 10.4 Å². The maximum atomic E-state index is 9.17. The van der Waals surface area contributed by atoms with Crippen molar-refractivity contribution in [2.24, 2.45) is 0 Å². The van der Waals surface area contributed by atoms with Crippen LogP contribution in [0.2, 0.25) is 0 Å². The van der Waals surface area contributed by atoms with Gasteiger partial charge in [0.2, 0.25) is 0 Å². The van der Waals surface area contributed by atoms with E-state index in [-0.39, 0.29) is 6.04 Å². The molecule has 2 rings (SSSR count). The molecule has 0 fully saturated rings. The lowest BCUT2D eigenvalue weighted by Gasteiger charge is -2.05. The Kier molecular flexibility index (Phi) is 2.53. The van der Waals surface area contributed by atoms with E-state index in [1.165, 1.54) is 0 Å². The number of hydrogen-bond donors (Lipinski definition) is 0. The summed E-state index contributed by atoms with van der Waals surface area (Å²) >= 11 is 0. The van der Waals surface area contributed by atoms with Gasteiger partial charge in [-0.1, -0.05) is 0 Å². The molecule has 1 aromatic heterocycles. The first-order valence-corrected chi connectivity index (χ1v) is 5.13. The highest BCUT2D eigenvalue weighted by molar-refractivity contribution is 5.85. The first-order chi connectivity index (χ1) is 7.67. The minimum Gasteiger partial charge on any atom is -0.497 e. The first kappa shape index (κ1) is 10.5. The van der Waals surface area contributed by atoms with Crippen LogP contribution in [0.15, 0.2) is 18.2 Å². The molecule has 4 heteroatoms. The lowest BCUT2D eigenvalue weighted by atomic mass is 10.2. The van der Waals surface area contributed by atoms with E-state index in [0.717, 1.165) is 16.7 Å². The molecule has 0 aliphatic carbocycles. The van der Waals surface area contributed by atoms with Crippen molar-refractivity contribution in [3.05, 3.63) is 23.9 Å². The Morgan fingerprint density at radius 2 is 2.19 bits per heavy atom. The van der Waals surface area contributed by atoms with Crippen molar-refractivity contribution >= 4 is 10.9 Å². The van der Waals surface area contributed by atoms with Crippen molar-refractivity contribution in [2.45, 2.75) is 19.9 Å². The molecule has 0 unspecified atom stereocenters. The van der Waals surface area contributed by atoms with Crippen molar-refractivity contribution in [2.75, 3.05) is 7.11 Å². The minimum absolute atomic E-state index is 0.174. The van der Waals surface area contributed by atoms with Crippen LogP contribution in [0.1, 0.15) is 25.6 Å². The summed E-state index contributed by atoms with van der Waals surface area (Å²) in [5.74, 6) is 0.743. The standard InChI is InChI=1S/C12H13N3O/c1-8(2)15-12(7-13)10-6-9(16-3)4-5-11(10)14-15/h4-6,8H,1-3H3. The molecule has 0 saturated carbocycles. The van der Waals surface area contributed by atoms with Gasteiger partial charge in [-0.3, -0.25) is 4.68 Å². The minimum atomic E-state index is 0.174. The Labute approximate surface area is 94.1 Å². The number of nitriles is 1. The molecule has 0 atom stereocenters. The normalized spacial score (nSPS) is 10.7. The largest absolute Gasteiger partial charge is 0.497 e. The summed E-state index contributed by atoms with van der Waals surface area (Å²) in [6.45, 7) is 4.01. The zero-order chi connectivity index (χ0) is 11.7. The average molecular weight is 215 g/mol. The van der Waals surface area contributed by atoms with Crippen LogP contribution in [0.5, 0.6) is 5.75 Å². The molecule has 4 nitrogen and oxygen atoms in total. The van der Waals surface area contributed by atoms with Crippen LogP contribution >= 0.6 is 0 Å². The Hall–Kier alpha value is -2.02. The van der Waals surface area contributed by atoms with E-state index in [1.807, 2.05) is 32.0 Å². The highest BCUT2D eigenvalue weighted by atomic mass is 16.5. The van der Waals surface area contributed by atoms with E-state index in [2.05, 4.69) is 11.2 Å². The molecule has 0 N–H and O–H groups in total. The average Bonchev–Trinajstić information content (AvgIpc) is 2.66. The van der Waals surface area contributed by atoms with Gasteiger partial charge >= 0.3 is 0 Å². The summed E-state index contributed by atoms with van der Waals surface area (Å²) in [4.78, 5) is 0. The van der Waals surface area contributed by atoms with Crippen LogP contribution < -0.4 is 4.74 Å². The second-order valence-electron chi connectivity index (χ2n) is 3.88. The predicted molar refractivity (Wildman–Crippen MR) is 61.4 cm³/mol. The molecule has 0 spiro atoms. The highest BCUT2D eigenvalue weighted by Gasteiger charge is 2.13. The second-order valence-corrected chi connectivity index (χ2v) is 3.88. The molecule has 16 heavy (non-hydrogen) atoms. The fourth-order valence-corrected chi connectivity index (χ4v) is 1.69. The summed E-state index contributed by atoms with van der Waals surface area (Å²) in [7, 11) is 1.61. The number of fused-ring (bicyclic) bond motifs is 1. The van der Waals surface area contributed by atoms with E-state index >= 15 is 0 Å². The quantitative estimate of drug-likeness (QED) is 0.773. The third-order valence-corrected chi connectivity index (χ3v) is 2.50. The van der Waals surface area contributed by atoms with Crippen molar-refractivity contribution in [3.63, 3.8) is 0 Å². The monoisotopic (exact) mass is 215 g/mol. The molecule has 0 radical (unpaired) electrons. The number of hydrogen-bond acceptors (Lipinski definition) is 3. The molecule has 0 bridgehead atoms. The van der Waals surface area contributed by atoms with Gasteiger partial charge in [0, 0.05) is 11.4 Å². The van der Waals surface area contributed by atoms with Gasteiger partial charge in [-0.25, -0.2) is 0 Å². The molecule has 0 aliphatic heterocycles. The van der Waals surface area contributed by atoms with Crippen molar-refractivity contribution < 1.29 is 4.74 Å². The van der Waals surface area contributed by atoms with Crippen LogP contribution in [0.25, 0.3) is 10.9 Å². The van der Waals surface area contributed by atoms with Gasteiger partial charge < -0.3 is 4.74 Å². The van der Waals surface area contributed by atoms with E-state index < -0.39 is 0 Å². The topological polar surface area (TPSA) is 50.8 Å². The lowest BCUT2D eigenvalue weighted by molar-refractivity contribution is 0.415.